The molecule has 0 heterocycles. The van der Waals surface area contributed by atoms with Gasteiger partial charge in [-0.05, 0) is 37.3 Å². The summed E-state index contributed by atoms with van der Waals surface area (Å²) in [4.78, 5) is 0. The van der Waals surface area contributed by atoms with Gasteiger partial charge in [-0.25, -0.2) is 4.39 Å². The van der Waals surface area contributed by atoms with Crippen molar-refractivity contribution >= 4 is 5.69 Å². The molecule has 2 rings (SSSR count). The van der Waals surface area contributed by atoms with Crippen LogP contribution in [0.25, 0.3) is 0 Å². The van der Waals surface area contributed by atoms with E-state index in [-0.39, 0.29) is 5.82 Å². The highest BCUT2D eigenvalue weighted by atomic mass is 19.1. The molecule has 82 valence electrons. The smallest absolute Gasteiger partial charge is 0.146 e. The summed E-state index contributed by atoms with van der Waals surface area (Å²) in [7, 11) is 0. The molecule has 2 atom stereocenters. The van der Waals surface area contributed by atoms with Crippen LogP contribution in [0, 0.1) is 11.7 Å². The van der Waals surface area contributed by atoms with E-state index >= 15 is 0 Å². The molecule has 0 aromatic heterocycles. The first-order chi connectivity index (χ1) is 7.29. The van der Waals surface area contributed by atoms with Crippen LogP contribution in [0.15, 0.2) is 24.3 Å². The van der Waals surface area contributed by atoms with Crippen molar-refractivity contribution in [2.45, 2.75) is 38.6 Å². The summed E-state index contributed by atoms with van der Waals surface area (Å²) in [5, 5.41) is 3.30. The maximum absolute atomic E-state index is 13.4. The maximum atomic E-state index is 13.4. The first kappa shape index (κ1) is 10.5. The molecule has 1 aliphatic carbocycles. The highest BCUT2D eigenvalue weighted by molar-refractivity contribution is 5.45. The van der Waals surface area contributed by atoms with Crippen LogP contribution in [-0.4, -0.2) is 6.04 Å². The van der Waals surface area contributed by atoms with Gasteiger partial charge in [-0.2, -0.15) is 0 Å². The Hall–Kier alpha value is -1.05. The van der Waals surface area contributed by atoms with Gasteiger partial charge in [0.1, 0.15) is 5.82 Å². The second kappa shape index (κ2) is 4.65. The fourth-order valence-corrected chi connectivity index (χ4v) is 2.38. The molecule has 0 radical (unpaired) electrons. The van der Waals surface area contributed by atoms with Crippen molar-refractivity contribution < 1.29 is 4.39 Å². The molecule has 15 heavy (non-hydrogen) atoms. The third-order valence-corrected chi connectivity index (χ3v) is 3.35. The Labute approximate surface area is 90.7 Å². The molecule has 0 spiro atoms. The summed E-state index contributed by atoms with van der Waals surface area (Å²) in [6, 6.07) is 7.39. The van der Waals surface area contributed by atoms with Crippen LogP contribution in [-0.2, 0) is 0 Å². The topological polar surface area (TPSA) is 12.0 Å². The zero-order chi connectivity index (χ0) is 10.7. The van der Waals surface area contributed by atoms with E-state index in [9.17, 15) is 4.39 Å². The van der Waals surface area contributed by atoms with Gasteiger partial charge in [-0.3, -0.25) is 0 Å². The number of benzene rings is 1. The average molecular weight is 207 g/mol. The Balaban J connectivity index is 1.96. The molecule has 0 bridgehead atoms. The van der Waals surface area contributed by atoms with Crippen molar-refractivity contribution in [1.82, 2.24) is 0 Å². The van der Waals surface area contributed by atoms with E-state index in [1.54, 1.807) is 6.07 Å². The van der Waals surface area contributed by atoms with Gasteiger partial charge in [0.25, 0.3) is 0 Å². The average Bonchev–Trinajstić information content (AvgIpc) is 2.69. The standard InChI is InChI=1S/C13H18FN/c1-2-10-7-8-11(9-10)15-13-6-4-3-5-12(13)14/h3-6,10-11,15H,2,7-9H2,1H3. The normalized spacial score (nSPS) is 25.5. The zero-order valence-electron chi connectivity index (χ0n) is 9.17. The minimum atomic E-state index is -0.141. The lowest BCUT2D eigenvalue weighted by Gasteiger charge is -2.14. The Morgan fingerprint density at radius 1 is 1.33 bits per heavy atom. The van der Waals surface area contributed by atoms with Crippen LogP contribution in [0.3, 0.4) is 0 Å². The van der Waals surface area contributed by atoms with Crippen LogP contribution in [0.1, 0.15) is 32.6 Å². The fraction of sp³-hybridized carbons (Fsp3) is 0.538. The van der Waals surface area contributed by atoms with Crippen molar-refractivity contribution in [3.63, 3.8) is 0 Å². The van der Waals surface area contributed by atoms with Crippen molar-refractivity contribution in [1.29, 1.82) is 0 Å². The summed E-state index contributed by atoms with van der Waals surface area (Å²) >= 11 is 0. The lowest BCUT2D eigenvalue weighted by Crippen LogP contribution is -2.16. The second-order valence-corrected chi connectivity index (χ2v) is 4.41. The first-order valence-corrected chi connectivity index (χ1v) is 5.80. The van der Waals surface area contributed by atoms with Gasteiger partial charge in [0.15, 0.2) is 0 Å². The van der Waals surface area contributed by atoms with Gasteiger partial charge in [0.2, 0.25) is 0 Å². The van der Waals surface area contributed by atoms with E-state index < -0.39 is 0 Å². The molecule has 0 aliphatic heterocycles. The molecule has 1 nitrogen and oxygen atoms in total. The SMILES string of the molecule is CCC1CCC(Nc2ccccc2F)C1. The van der Waals surface area contributed by atoms with Crippen molar-refractivity contribution in [3.8, 4) is 0 Å². The molecule has 1 fully saturated rings. The third-order valence-electron chi connectivity index (χ3n) is 3.35. The van der Waals surface area contributed by atoms with Crippen LogP contribution >= 0.6 is 0 Å². The molecule has 0 amide bonds. The Morgan fingerprint density at radius 3 is 2.80 bits per heavy atom. The summed E-state index contributed by atoms with van der Waals surface area (Å²) in [5.41, 5.74) is 0.652. The quantitative estimate of drug-likeness (QED) is 0.794. The van der Waals surface area contributed by atoms with E-state index in [0.717, 1.165) is 5.92 Å². The molecule has 1 saturated carbocycles. The molecular formula is C13H18FN. The van der Waals surface area contributed by atoms with Crippen LogP contribution in [0.2, 0.25) is 0 Å². The predicted molar refractivity (Wildman–Crippen MR) is 61.4 cm³/mol. The van der Waals surface area contributed by atoms with E-state index in [1.807, 2.05) is 12.1 Å². The molecule has 2 unspecified atom stereocenters. The third kappa shape index (κ3) is 2.49. The van der Waals surface area contributed by atoms with Crippen LogP contribution in [0.5, 0.6) is 0 Å². The molecule has 0 saturated heterocycles. The number of halogens is 1. The van der Waals surface area contributed by atoms with Crippen LogP contribution in [0.4, 0.5) is 10.1 Å². The van der Waals surface area contributed by atoms with Gasteiger partial charge in [0, 0.05) is 6.04 Å². The minimum Gasteiger partial charge on any atom is -0.380 e. The largest absolute Gasteiger partial charge is 0.380 e. The van der Waals surface area contributed by atoms with E-state index in [4.69, 9.17) is 0 Å². The predicted octanol–water partition coefficient (Wildman–Crippen LogP) is 3.82. The van der Waals surface area contributed by atoms with E-state index in [2.05, 4.69) is 12.2 Å². The molecule has 1 N–H and O–H groups in total. The highest BCUT2D eigenvalue weighted by Crippen LogP contribution is 2.30. The number of rotatable bonds is 3. The monoisotopic (exact) mass is 207 g/mol. The molecule has 1 aliphatic rings. The Morgan fingerprint density at radius 2 is 2.13 bits per heavy atom. The van der Waals surface area contributed by atoms with Crippen molar-refractivity contribution in [2.24, 2.45) is 5.92 Å². The number of nitrogens with one attached hydrogen (secondary N) is 1. The number of para-hydroxylation sites is 1. The van der Waals surface area contributed by atoms with Gasteiger partial charge in [-0.15, -0.1) is 0 Å². The van der Waals surface area contributed by atoms with Crippen LogP contribution < -0.4 is 5.32 Å². The van der Waals surface area contributed by atoms with Gasteiger partial charge >= 0.3 is 0 Å². The van der Waals surface area contributed by atoms with Gasteiger partial charge in [0.05, 0.1) is 5.69 Å². The molecular weight excluding hydrogens is 189 g/mol. The first-order valence-electron chi connectivity index (χ1n) is 5.80. The lowest BCUT2D eigenvalue weighted by atomic mass is 10.1. The number of hydrogen-bond acceptors (Lipinski definition) is 1. The summed E-state index contributed by atoms with van der Waals surface area (Å²) < 4.78 is 13.4. The van der Waals surface area contributed by atoms with Crippen molar-refractivity contribution in [3.05, 3.63) is 30.1 Å². The van der Waals surface area contributed by atoms with E-state index in [1.165, 1.54) is 31.7 Å². The number of hydrogen-bond donors (Lipinski definition) is 1. The summed E-state index contributed by atoms with van der Waals surface area (Å²) in [6.07, 6.45) is 4.88. The van der Waals surface area contributed by atoms with Crippen molar-refractivity contribution in [2.75, 3.05) is 5.32 Å². The fourth-order valence-electron chi connectivity index (χ4n) is 2.38. The maximum Gasteiger partial charge on any atom is 0.146 e. The zero-order valence-corrected chi connectivity index (χ0v) is 9.17. The lowest BCUT2D eigenvalue weighted by molar-refractivity contribution is 0.524. The van der Waals surface area contributed by atoms with Gasteiger partial charge in [-0.1, -0.05) is 25.5 Å². The highest BCUT2D eigenvalue weighted by Gasteiger charge is 2.23. The molecule has 2 heteroatoms. The Kier molecular flexibility index (Phi) is 3.24. The molecule has 1 aromatic carbocycles. The minimum absolute atomic E-state index is 0.141. The second-order valence-electron chi connectivity index (χ2n) is 4.41. The Bertz CT molecular complexity index is 324. The summed E-state index contributed by atoms with van der Waals surface area (Å²) in [5.74, 6) is 0.687. The number of anilines is 1. The summed E-state index contributed by atoms with van der Waals surface area (Å²) in [6.45, 7) is 2.23. The van der Waals surface area contributed by atoms with E-state index in [0.29, 0.717) is 11.7 Å². The van der Waals surface area contributed by atoms with Gasteiger partial charge < -0.3 is 5.32 Å². The molecule has 1 aromatic rings.